The molecule has 28 heavy (non-hydrogen) atoms. The van der Waals surface area contributed by atoms with Gasteiger partial charge in [0.15, 0.2) is 11.5 Å². The number of carbonyl (C=O) groups is 1. The summed E-state index contributed by atoms with van der Waals surface area (Å²) in [5, 5.41) is 11.9. The number of ether oxygens (including phenoxy) is 2. The van der Waals surface area contributed by atoms with Crippen LogP contribution in [0, 0.1) is 0 Å². The van der Waals surface area contributed by atoms with Gasteiger partial charge in [-0.25, -0.2) is 0 Å². The summed E-state index contributed by atoms with van der Waals surface area (Å²) in [4.78, 5) is 11.0. The van der Waals surface area contributed by atoms with Crippen molar-refractivity contribution >= 4 is 5.97 Å². The van der Waals surface area contributed by atoms with Gasteiger partial charge in [-0.1, -0.05) is 18.2 Å². The molecule has 0 radical (unpaired) electrons. The number of carboxylic acids is 1. The lowest BCUT2D eigenvalue weighted by atomic mass is 9.98. The van der Waals surface area contributed by atoms with Gasteiger partial charge in [0, 0.05) is 6.04 Å². The molecule has 0 aliphatic carbocycles. The van der Waals surface area contributed by atoms with Gasteiger partial charge in [0.2, 0.25) is 0 Å². The fraction of sp³-hybridized carbons (Fsp3) is 0.350. The summed E-state index contributed by atoms with van der Waals surface area (Å²) in [6.45, 7) is -0.244. The minimum Gasteiger partial charge on any atom is -0.493 e. The summed E-state index contributed by atoms with van der Waals surface area (Å²) in [6, 6.07) is 9.92. The topological polar surface area (TPSA) is 67.8 Å². The number of aryl methyl sites for hydroxylation is 1. The van der Waals surface area contributed by atoms with Crippen LogP contribution in [0.3, 0.4) is 0 Å². The van der Waals surface area contributed by atoms with Crippen molar-refractivity contribution in [1.82, 2.24) is 5.32 Å². The Morgan fingerprint density at radius 2 is 1.71 bits per heavy atom. The van der Waals surface area contributed by atoms with E-state index in [1.807, 2.05) is 0 Å². The van der Waals surface area contributed by atoms with Crippen LogP contribution in [0.15, 0.2) is 42.5 Å². The minimum atomic E-state index is -4.37. The maximum absolute atomic E-state index is 12.7. The molecule has 0 aromatic heterocycles. The van der Waals surface area contributed by atoms with Crippen LogP contribution in [-0.2, 0) is 17.4 Å². The molecule has 0 spiro atoms. The zero-order chi connectivity index (χ0) is 20.7. The molecule has 0 amide bonds. The van der Waals surface area contributed by atoms with Gasteiger partial charge < -0.3 is 19.9 Å². The van der Waals surface area contributed by atoms with Crippen molar-refractivity contribution in [2.24, 2.45) is 0 Å². The molecule has 152 valence electrons. The standard InChI is InChI=1S/C20H22F3NO4/c1-27-17-10-6-14(11-18(17)28-2)16(24-12-19(25)26)9-5-13-3-7-15(8-4-13)20(21,22)23/h3-4,6-8,10-11,16,24H,5,9,12H2,1-2H3,(H,25,26). The van der Waals surface area contributed by atoms with Crippen molar-refractivity contribution in [3.8, 4) is 11.5 Å². The summed E-state index contributed by atoms with van der Waals surface area (Å²) in [5.41, 5.74) is 0.832. The molecule has 5 nitrogen and oxygen atoms in total. The highest BCUT2D eigenvalue weighted by Crippen LogP contribution is 2.32. The van der Waals surface area contributed by atoms with E-state index < -0.39 is 17.7 Å². The molecule has 0 fully saturated rings. The van der Waals surface area contributed by atoms with Crippen molar-refractivity contribution < 1.29 is 32.5 Å². The molecular formula is C20H22F3NO4. The van der Waals surface area contributed by atoms with Crippen molar-refractivity contribution in [1.29, 1.82) is 0 Å². The molecule has 0 heterocycles. The van der Waals surface area contributed by atoms with Gasteiger partial charge in [0.05, 0.1) is 26.3 Å². The maximum Gasteiger partial charge on any atom is 0.416 e. The summed E-state index contributed by atoms with van der Waals surface area (Å²) >= 11 is 0. The smallest absolute Gasteiger partial charge is 0.416 e. The Balaban J connectivity index is 2.16. The quantitative estimate of drug-likeness (QED) is 0.668. The lowest BCUT2D eigenvalue weighted by molar-refractivity contribution is -0.138. The predicted octanol–water partition coefficient (Wildman–Crippen LogP) is 4.07. The van der Waals surface area contributed by atoms with Crippen molar-refractivity contribution in [2.75, 3.05) is 20.8 Å². The van der Waals surface area contributed by atoms with E-state index in [-0.39, 0.29) is 12.6 Å². The van der Waals surface area contributed by atoms with Gasteiger partial charge >= 0.3 is 12.1 Å². The van der Waals surface area contributed by atoms with Gasteiger partial charge in [-0.2, -0.15) is 13.2 Å². The first-order valence-corrected chi connectivity index (χ1v) is 8.58. The van der Waals surface area contributed by atoms with Crippen molar-refractivity contribution in [2.45, 2.75) is 25.1 Å². The predicted molar refractivity (Wildman–Crippen MR) is 97.7 cm³/mol. The maximum atomic E-state index is 12.7. The zero-order valence-corrected chi connectivity index (χ0v) is 15.5. The lowest BCUT2D eigenvalue weighted by Gasteiger charge is -2.20. The Bertz CT molecular complexity index is 791. The molecule has 1 unspecified atom stereocenters. The van der Waals surface area contributed by atoms with Crippen LogP contribution in [0.25, 0.3) is 0 Å². The Hall–Kier alpha value is -2.74. The number of halogens is 3. The zero-order valence-electron chi connectivity index (χ0n) is 15.5. The number of rotatable bonds is 9. The third-order valence-electron chi connectivity index (χ3n) is 4.31. The van der Waals surface area contributed by atoms with E-state index >= 15 is 0 Å². The molecule has 2 N–H and O–H groups in total. The van der Waals surface area contributed by atoms with Crippen molar-refractivity contribution in [3.63, 3.8) is 0 Å². The Morgan fingerprint density at radius 3 is 2.25 bits per heavy atom. The summed E-state index contributed by atoms with van der Waals surface area (Å²) in [7, 11) is 3.02. The van der Waals surface area contributed by atoms with E-state index in [1.165, 1.54) is 26.4 Å². The molecule has 0 saturated heterocycles. The lowest BCUT2D eigenvalue weighted by Crippen LogP contribution is -2.28. The van der Waals surface area contributed by atoms with E-state index in [4.69, 9.17) is 14.6 Å². The second kappa shape index (κ2) is 9.45. The van der Waals surface area contributed by atoms with Gasteiger partial charge in [0.1, 0.15) is 0 Å². The molecule has 0 bridgehead atoms. The van der Waals surface area contributed by atoms with Gasteiger partial charge in [0.25, 0.3) is 0 Å². The van der Waals surface area contributed by atoms with Crippen LogP contribution in [0.5, 0.6) is 11.5 Å². The third kappa shape index (κ3) is 5.88. The molecule has 0 saturated carbocycles. The van der Waals surface area contributed by atoms with Gasteiger partial charge in [-0.3, -0.25) is 4.79 Å². The number of carboxylic acid groups (broad SMARTS) is 1. The number of hydrogen-bond acceptors (Lipinski definition) is 4. The van der Waals surface area contributed by atoms with E-state index in [0.29, 0.717) is 24.3 Å². The number of alkyl halides is 3. The van der Waals surface area contributed by atoms with Crippen LogP contribution in [-0.4, -0.2) is 31.8 Å². The van der Waals surface area contributed by atoms with E-state index in [0.717, 1.165) is 23.3 Å². The normalized spacial score (nSPS) is 12.5. The third-order valence-corrected chi connectivity index (χ3v) is 4.31. The monoisotopic (exact) mass is 397 g/mol. The highest BCUT2D eigenvalue weighted by Gasteiger charge is 2.29. The molecule has 0 aliphatic rings. The van der Waals surface area contributed by atoms with Crippen LogP contribution in [0.2, 0.25) is 0 Å². The molecule has 0 aliphatic heterocycles. The number of benzene rings is 2. The van der Waals surface area contributed by atoms with Crippen LogP contribution >= 0.6 is 0 Å². The van der Waals surface area contributed by atoms with Gasteiger partial charge in [-0.15, -0.1) is 0 Å². The first-order valence-electron chi connectivity index (χ1n) is 8.58. The molecule has 8 heteroatoms. The molecule has 2 aromatic rings. The van der Waals surface area contributed by atoms with Gasteiger partial charge in [-0.05, 0) is 48.2 Å². The number of aliphatic carboxylic acids is 1. The molecule has 2 rings (SSSR count). The molecule has 1 atom stereocenters. The van der Waals surface area contributed by atoms with E-state index in [1.54, 1.807) is 18.2 Å². The SMILES string of the molecule is COc1ccc(C(CCc2ccc(C(F)(F)F)cc2)NCC(=O)O)cc1OC. The number of hydrogen-bond donors (Lipinski definition) is 2. The first-order chi connectivity index (χ1) is 13.2. The number of nitrogens with one attached hydrogen (secondary N) is 1. The van der Waals surface area contributed by atoms with Crippen LogP contribution < -0.4 is 14.8 Å². The molecule has 2 aromatic carbocycles. The largest absolute Gasteiger partial charge is 0.493 e. The highest BCUT2D eigenvalue weighted by molar-refractivity contribution is 5.69. The van der Waals surface area contributed by atoms with Crippen LogP contribution in [0.1, 0.15) is 29.2 Å². The highest BCUT2D eigenvalue weighted by atomic mass is 19.4. The Kier molecular flexibility index (Phi) is 7.28. The Morgan fingerprint density at radius 1 is 1.07 bits per heavy atom. The van der Waals surface area contributed by atoms with Crippen LogP contribution in [0.4, 0.5) is 13.2 Å². The molecular weight excluding hydrogens is 375 g/mol. The second-order valence-electron chi connectivity index (χ2n) is 6.18. The summed E-state index contributed by atoms with van der Waals surface area (Å²) in [6.07, 6.45) is -3.40. The van der Waals surface area contributed by atoms with Crippen molar-refractivity contribution in [3.05, 3.63) is 59.2 Å². The number of methoxy groups -OCH3 is 2. The summed E-state index contributed by atoms with van der Waals surface area (Å²) < 4.78 is 48.5. The van der Waals surface area contributed by atoms with E-state index in [9.17, 15) is 18.0 Å². The minimum absolute atomic E-state index is 0.244. The fourth-order valence-electron chi connectivity index (χ4n) is 2.84. The summed E-state index contributed by atoms with van der Waals surface area (Å²) in [5.74, 6) is 0.0580. The first kappa shape index (κ1) is 21.6. The average molecular weight is 397 g/mol. The average Bonchev–Trinajstić information content (AvgIpc) is 2.67. The second-order valence-corrected chi connectivity index (χ2v) is 6.18. The Labute approximate surface area is 161 Å². The fourth-order valence-corrected chi connectivity index (χ4v) is 2.84. The van der Waals surface area contributed by atoms with E-state index in [2.05, 4.69) is 5.32 Å².